The van der Waals surface area contributed by atoms with Crippen molar-refractivity contribution in [2.24, 2.45) is 0 Å². The van der Waals surface area contributed by atoms with Gasteiger partial charge in [-0.15, -0.1) is 0 Å². The molecule has 60 valence electrons. The van der Waals surface area contributed by atoms with Gasteiger partial charge in [0.15, 0.2) is 5.79 Å². The van der Waals surface area contributed by atoms with E-state index in [1.165, 1.54) is 0 Å². The van der Waals surface area contributed by atoms with Gasteiger partial charge < -0.3 is 9.47 Å². The van der Waals surface area contributed by atoms with Crippen molar-refractivity contribution in [2.75, 3.05) is 13.2 Å². The van der Waals surface area contributed by atoms with Gasteiger partial charge in [0, 0.05) is 5.56 Å². The molecule has 0 N–H and O–H groups in total. The molecule has 0 bridgehead atoms. The van der Waals surface area contributed by atoms with E-state index in [1.807, 2.05) is 18.4 Å². The van der Waals surface area contributed by atoms with Gasteiger partial charge in [-0.05, 0) is 23.8 Å². The number of thiophene rings is 1. The summed E-state index contributed by atoms with van der Waals surface area (Å²) in [5.41, 5.74) is 1.13. The Bertz CT molecular complexity index is 224. The van der Waals surface area contributed by atoms with Crippen molar-refractivity contribution in [2.45, 2.75) is 12.7 Å². The Morgan fingerprint density at radius 3 is 2.73 bits per heavy atom. The maximum Gasteiger partial charge on any atom is 0.192 e. The molecule has 1 fully saturated rings. The third kappa shape index (κ3) is 1.20. The predicted molar refractivity (Wildman–Crippen MR) is 43.6 cm³/mol. The summed E-state index contributed by atoms with van der Waals surface area (Å²) in [7, 11) is 0. The summed E-state index contributed by atoms with van der Waals surface area (Å²) >= 11 is 1.66. The first-order valence-electron chi connectivity index (χ1n) is 3.62. The van der Waals surface area contributed by atoms with Gasteiger partial charge in [-0.1, -0.05) is 0 Å². The molecule has 0 aliphatic carbocycles. The molecule has 0 radical (unpaired) electrons. The van der Waals surface area contributed by atoms with Crippen LogP contribution in [0.25, 0.3) is 0 Å². The number of rotatable bonds is 1. The molecule has 0 spiro atoms. The fourth-order valence-electron chi connectivity index (χ4n) is 1.20. The van der Waals surface area contributed by atoms with Crippen LogP contribution in [0.15, 0.2) is 16.8 Å². The standard InChI is InChI=1S/C8H10O2S/c1-8(9-3-4-10-8)7-2-5-11-6-7/h2,5-6H,3-4H2,1H3. The minimum Gasteiger partial charge on any atom is -0.344 e. The quantitative estimate of drug-likeness (QED) is 0.641. The highest BCUT2D eigenvalue weighted by atomic mass is 32.1. The highest BCUT2D eigenvalue weighted by Crippen LogP contribution is 2.31. The van der Waals surface area contributed by atoms with Crippen molar-refractivity contribution < 1.29 is 9.47 Å². The molecule has 0 unspecified atom stereocenters. The van der Waals surface area contributed by atoms with E-state index in [2.05, 4.69) is 5.38 Å². The largest absolute Gasteiger partial charge is 0.344 e. The van der Waals surface area contributed by atoms with Gasteiger partial charge in [-0.25, -0.2) is 0 Å². The van der Waals surface area contributed by atoms with E-state index >= 15 is 0 Å². The van der Waals surface area contributed by atoms with Crippen LogP contribution in [0.3, 0.4) is 0 Å². The zero-order valence-electron chi connectivity index (χ0n) is 6.37. The summed E-state index contributed by atoms with van der Waals surface area (Å²) in [4.78, 5) is 0. The summed E-state index contributed by atoms with van der Waals surface area (Å²) in [5, 5.41) is 4.09. The van der Waals surface area contributed by atoms with Gasteiger partial charge in [0.05, 0.1) is 13.2 Å². The van der Waals surface area contributed by atoms with Crippen molar-refractivity contribution in [3.05, 3.63) is 22.4 Å². The van der Waals surface area contributed by atoms with E-state index in [9.17, 15) is 0 Å². The molecule has 0 saturated carbocycles. The lowest BCUT2D eigenvalue weighted by Gasteiger charge is -2.20. The van der Waals surface area contributed by atoms with E-state index in [1.54, 1.807) is 11.3 Å². The molecule has 2 heterocycles. The molecule has 0 atom stereocenters. The fourth-order valence-corrected chi connectivity index (χ4v) is 1.95. The normalized spacial score (nSPS) is 22.3. The number of hydrogen-bond donors (Lipinski definition) is 0. The lowest BCUT2D eigenvalue weighted by molar-refractivity contribution is -0.149. The minimum atomic E-state index is -0.472. The molecule has 1 aromatic heterocycles. The van der Waals surface area contributed by atoms with Gasteiger partial charge in [-0.2, -0.15) is 11.3 Å². The highest BCUT2D eigenvalue weighted by molar-refractivity contribution is 7.08. The molecule has 1 aliphatic heterocycles. The van der Waals surface area contributed by atoms with Crippen molar-refractivity contribution in [3.63, 3.8) is 0 Å². The first kappa shape index (κ1) is 7.28. The second kappa shape index (κ2) is 2.59. The number of hydrogen-bond acceptors (Lipinski definition) is 3. The van der Waals surface area contributed by atoms with Gasteiger partial charge in [0.25, 0.3) is 0 Å². The van der Waals surface area contributed by atoms with E-state index < -0.39 is 5.79 Å². The molecule has 0 aromatic carbocycles. The van der Waals surface area contributed by atoms with Gasteiger partial charge >= 0.3 is 0 Å². The Balaban J connectivity index is 2.27. The van der Waals surface area contributed by atoms with E-state index in [0.29, 0.717) is 13.2 Å². The molecule has 0 amide bonds. The molecular formula is C8H10O2S. The second-order valence-electron chi connectivity index (χ2n) is 2.65. The first-order chi connectivity index (χ1) is 5.31. The van der Waals surface area contributed by atoms with Crippen molar-refractivity contribution in [3.8, 4) is 0 Å². The molecule has 2 nitrogen and oxygen atoms in total. The van der Waals surface area contributed by atoms with Crippen LogP contribution in [-0.2, 0) is 15.3 Å². The third-order valence-corrected chi connectivity index (χ3v) is 2.57. The van der Waals surface area contributed by atoms with E-state index in [4.69, 9.17) is 9.47 Å². The molecule has 11 heavy (non-hydrogen) atoms. The minimum absolute atomic E-state index is 0.472. The Morgan fingerprint density at radius 1 is 1.45 bits per heavy atom. The van der Waals surface area contributed by atoms with Gasteiger partial charge in [-0.3, -0.25) is 0 Å². The maximum atomic E-state index is 5.47. The van der Waals surface area contributed by atoms with Crippen molar-refractivity contribution >= 4 is 11.3 Å². The summed E-state index contributed by atoms with van der Waals surface area (Å²) in [6, 6.07) is 2.04. The molecular weight excluding hydrogens is 160 g/mol. The van der Waals surface area contributed by atoms with Gasteiger partial charge in [0.2, 0.25) is 0 Å². The van der Waals surface area contributed by atoms with Crippen LogP contribution < -0.4 is 0 Å². The fraction of sp³-hybridized carbons (Fsp3) is 0.500. The Labute approximate surface area is 69.8 Å². The van der Waals surface area contributed by atoms with E-state index in [-0.39, 0.29) is 0 Å². The van der Waals surface area contributed by atoms with Crippen LogP contribution in [-0.4, -0.2) is 13.2 Å². The van der Waals surface area contributed by atoms with Crippen LogP contribution in [0.5, 0.6) is 0 Å². The van der Waals surface area contributed by atoms with Crippen LogP contribution in [0.2, 0.25) is 0 Å². The van der Waals surface area contributed by atoms with Crippen LogP contribution >= 0.6 is 11.3 Å². The predicted octanol–water partition coefficient (Wildman–Crippen LogP) is 1.97. The lowest BCUT2D eigenvalue weighted by Crippen LogP contribution is -2.21. The topological polar surface area (TPSA) is 18.5 Å². The SMILES string of the molecule is CC1(c2ccsc2)OCCO1. The van der Waals surface area contributed by atoms with Crippen LogP contribution in [0, 0.1) is 0 Å². The average molecular weight is 170 g/mol. The third-order valence-electron chi connectivity index (χ3n) is 1.88. The first-order valence-corrected chi connectivity index (χ1v) is 4.56. The Hall–Kier alpha value is -0.380. The molecule has 2 rings (SSSR count). The molecule has 1 saturated heterocycles. The molecule has 3 heteroatoms. The molecule has 1 aliphatic rings. The number of ether oxygens (including phenoxy) is 2. The van der Waals surface area contributed by atoms with Gasteiger partial charge in [0.1, 0.15) is 0 Å². The van der Waals surface area contributed by atoms with Crippen molar-refractivity contribution in [1.29, 1.82) is 0 Å². The maximum absolute atomic E-state index is 5.47. The molecule has 1 aromatic rings. The Morgan fingerprint density at radius 2 is 2.18 bits per heavy atom. The summed E-state index contributed by atoms with van der Waals surface area (Å²) in [6.45, 7) is 3.36. The summed E-state index contributed by atoms with van der Waals surface area (Å²) < 4.78 is 10.9. The smallest absolute Gasteiger partial charge is 0.192 e. The lowest BCUT2D eigenvalue weighted by atomic mass is 10.2. The zero-order chi connectivity index (χ0) is 7.73. The highest BCUT2D eigenvalue weighted by Gasteiger charge is 2.33. The van der Waals surface area contributed by atoms with Crippen molar-refractivity contribution in [1.82, 2.24) is 0 Å². The van der Waals surface area contributed by atoms with Crippen LogP contribution in [0.4, 0.5) is 0 Å². The summed E-state index contributed by atoms with van der Waals surface area (Å²) in [5.74, 6) is -0.472. The average Bonchev–Trinajstić information content (AvgIpc) is 2.55. The second-order valence-corrected chi connectivity index (χ2v) is 3.43. The van der Waals surface area contributed by atoms with Crippen LogP contribution in [0.1, 0.15) is 12.5 Å². The van der Waals surface area contributed by atoms with E-state index in [0.717, 1.165) is 5.56 Å². The summed E-state index contributed by atoms with van der Waals surface area (Å²) in [6.07, 6.45) is 0. The Kier molecular flexibility index (Phi) is 1.71. The monoisotopic (exact) mass is 170 g/mol. The zero-order valence-corrected chi connectivity index (χ0v) is 7.19.